The van der Waals surface area contributed by atoms with E-state index in [4.69, 9.17) is 0 Å². The van der Waals surface area contributed by atoms with Crippen molar-refractivity contribution in [3.05, 3.63) is 53.3 Å². The van der Waals surface area contributed by atoms with Crippen molar-refractivity contribution in [2.24, 2.45) is 0 Å². The van der Waals surface area contributed by atoms with Gasteiger partial charge < -0.3 is 10.4 Å². The van der Waals surface area contributed by atoms with E-state index >= 15 is 0 Å². The molecule has 0 spiro atoms. The fourth-order valence-electron chi connectivity index (χ4n) is 3.62. The van der Waals surface area contributed by atoms with E-state index in [2.05, 4.69) is 23.4 Å². The molecule has 2 aliphatic rings. The number of nitrogens with one attached hydrogen (secondary N) is 1. The number of nitrogens with zero attached hydrogens (tertiary/aromatic N) is 2. The molecule has 3 atom stereocenters. The van der Waals surface area contributed by atoms with Gasteiger partial charge in [-0.2, -0.15) is 5.10 Å². The smallest absolute Gasteiger partial charge is 0.251 e. The van der Waals surface area contributed by atoms with Crippen LogP contribution < -0.4 is 5.32 Å². The summed E-state index contributed by atoms with van der Waals surface area (Å²) in [5.41, 5.74) is 3.08. The number of aliphatic hydroxyl groups excluding tert-OH is 1. The van der Waals surface area contributed by atoms with E-state index in [-0.39, 0.29) is 23.4 Å². The molecule has 2 fully saturated rings. The highest BCUT2D eigenvalue weighted by Crippen LogP contribution is 2.48. The second-order valence-corrected chi connectivity index (χ2v) is 7.48. The fraction of sp³-hybridized carbons (Fsp3) is 0.474. The first kappa shape index (κ1) is 15.4. The molecule has 1 aromatic carbocycles. The molecule has 4 rings (SSSR count). The number of amides is 1. The SMILES string of the molecule is Cc1cnn([C@@H]2[C@@H](O)C[C@H]2NC(=O)c2ccccc2C2(C)CC2)c1. The van der Waals surface area contributed by atoms with Crippen molar-refractivity contribution >= 4 is 5.91 Å². The number of hydrogen-bond acceptors (Lipinski definition) is 3. The normalized spacial score (nSPS) is 27.4. The second-order valence-electron chi connectivity index (χ2n) is 7.48. The summed E-state index contributed by atoms with van der Waals surface area (Å²) in [4.78, 5) is 12.8. The molecule has 0 bridgehead atoms. The number of aliphatic hydroxyl groups is 1. The van der Waals surface area contributed by atoms with Gasteiger partial charge in [-0.15, -0.1) is 0 Å². The van der Waals surface area contributed by atoms with Crippen LogP contribution in [0.2, 0.25) is 0 Å². The van der Waals surface area contributed by atoms with Gasteiger partial charge >= 0.3 is 0 Å². The molecule has 0 aliphatic heterocycles. The van der Waals surface area contributed by atoms with Crippen molar-refractivity contribution in [1.82, 2.24) is 15.1 Å². The summed E-state index contributed by atoms with van der Waals surface area (Å²) in [7, 11) is 0. The summed E-state index contributed by atoms with van der Waals surface area (Å²) in [6, 6.07) is 7.59. The zero-order valence-electron chi connectivity index (χ0n) is 14.1. The fourth-order valence-corrected chi connectivity index (χ4v) is 3.62. The third kappa shape index (κ3) is 2.53. The molecule has 1 aromatic heterocycles. The largest absolute Gasteiger partial charge is 0.391 e. The topological polar surface area (TPSA) is 67.2 Å². The van der Waals surface area contributed by atoms with E-state index in [1.165, 1.54) is 0 Å². The lowest BCUT2D eigenvalue weighted by Gasteiger charge is -2.42. The average molecular weight is 325 g/mol. The molecule has 2 saturated carbocycles. The van der Waals surface area contributed by atoms with E-state index in [9.17, 15) is 9.90 Å². The number of rotatable bonds is 4. The van der Waals surface area contributed by atoms with Crippen molar-refractivity contribution in [2.45, 2.75) is 56.7 Å². The molecule has 24 heavy (non-hydrogen) atoms. The van der Waals surface area contributed by atoms with Gasteiger partial charge in [0.2, 0.25) is 0 Å². The highest BCUT2D eigenvalue weighted by molar-refractivity contribution is 5.96. The van der Waals surface area contributed by atoms with E-state index in [0.29, 0.717) is 6.42 Å². The Morgan fingerprint density at radius 3 is 2.75 bits per heavy atom. The third-order valence-corrected chi connectivity index (χ3v) is 5.48. The molecule has 5 nitrogen and oxygen atoms in total. The predicted molar refractivity (Wildman–Crippen MR) is 90.9 cm³/mol. The standard InChI is InChI=1S/C19H23N3O2/c1-12-10-20-22(11-12)17-15(9-16(17)23)21-18(24)13-5-3-4-6-14(13)19(2)7-8-19/h3-6,10-11,15-17,23H,7-9H2,1-2H3,(H,21,24)/t15-,16+,17+/m1/s1. The average Bonchev–Trinajstić information content (AvgIpc) is 3.17. The first-order chi connectivity index (χ1) is 11.5. The maximum absolute atomic E-state index is 12.8. The molecule has 2 aromatic rings. The van der Waals surface area contributed by atoms with Crippen LogP contribution in [-0.4, -0.2) is 32.9 Å². The molecule has 0 saturated heterocycles. The minimum atomic E-state index is -0.467. The third-order valence-electron chi connectivity index (χ3n) is 5.48. The maximum Gasteiger partial charge on any atom is 0.251 e. The zero-order valence-corrected chi connectivity index (χ0v) is 14.1. The summed E-state index contributed by atoms with van der Waals surface area (Å²) in [6.45, 7) is 4.18. The predicted octanol–water partition coefficient (Wildman–Crippen LogP) is 2.35. The van der Waals surface area contributed by atoms with Crippen LogP contribution in [0, 0.1) is 6.92 Å². The lowest BCUT2D eigenvalue weighted by Crippen LogP contribution is -2.56. The van der Waals surface area contributed by atoms with Gasteiger partial charge in [0.05, 0.1) is 24.4 Å². The number of aryl methyl sites for hydroxylation is 1. The summed E-state index contributed by atoms with van der Waals surface area (Å²) < 4.78 is 1.77. The van der Waals surface area contributed by atoms with Crippen LogP contribution in [0.5, 0.6) is 0 Å². The summed E-state index contributed by atoms with van der Waals surface area (Å²) in [6.07, 6.45) is 6.04. The molecule has 1 heterocycles. The molecular formula is C19H23N3O2. The number of aromatic nitrogens is 2. The Morgan fingerprint density at radius 2 is 2.12 bits per heavy atom. The maximum atomic E-state index is 12.8. The minimum Gasteiger partial charge on any atom is -0.391 e. The van der Waals surface area contributed by atoms with Crippen LogP contribution in [0.3, 0.4) is 0 Å². The summed E-state index contributed by atoms with van der Waals surface area (Å²) in [5, 5.41) is 17.5. The van der Waals surface area contributed by atoms with Gasteiger partial charge in [0, 0.05) is 11.8 Å². The molecular weight excluding hydrogens is 302 g/mol. The van der Waals surface area contributed by atoms with Gasteiger partial charge in [0.25, 0.3) is 5.91 Å². The van der Waals surface area contributed by atoms with Crippen LogP contribution in [0.1, 0.15) is 53.7 Å². The Morgan fingerprint density at radius 1 is 1.38 bits per heavy atom. The lowest BCUT2D eigenvalue weighted by atomic mass is 9.82. The molecule has 126 valence electrons. The molecule has 5 heteroatoms. The first-order valence-corrected chi connectivity index (χ1v) is 8.57. The minimum absolute atomic E-state index is 0.0514. The van der Waals surface area contributed by atoms with E-state index in [1.807, 2.05) is 31.3 Å². The Hall–Kier alpha value is -2.14. The highest BCUT2D eigenvalue weighted by atomic mass is 16.3. The Kier molecular flexibility index (Phi) is 3.49. The van der Waals surface area contributed by atoms with Crippen LogP contribution in [0.25, 0.3) is 0 Å². The van der Waals surface area contributed by atoms with E-state index in [0.717, 1.165) is 29.5 Å². The van der Waals surface area contributed by atoms with E-state index < -0.39 is 6.10 Å². The van der Waals surface area contributed by atoms with Crippen LogP contribution in [-0.2, 0) is 5.41 Å². The lowest BCUT2D eigenvalue weighted by molar-refractivity contribution is -0.00592. The zero-order chi connectivity index (χ0) is 16.9. The summed E-state index contributed by atoms with van der Waals surface area (Å²) >= 11 is 0. The van der Waals surface area contributed by atoms with Gasteiger partial charge in [0.1, 0.15) is 0 Å². The van der Waals surface area contributed by atoms with Crippen LogP contribution in [0.4, 0.5) is 0 Å². The Balaban J connectivity index is 1.53. The molecule has 1 amide bonds. The molecule has 0 unspecified atom stereocenters. The first-order valence-electron chi connectivity index (χ1n) is 8.57. The van der Waals surface area contributed by atoms with Crippen molar-refractivity contribution in [3.63, 3.8) is 0 Å². The second kappa shape index (κ2) is 5.45. The Labute approximate surface area is 141 Å². The number of hydrogen-bond donors (Lipinski definition) is 2. The Bertz CT molecular complexity index is 778. The summed E-state index contributed by atoms with van der Waals surface area (Å²) in [5.74, 6) is -0.0514. The van der Waals surface area contributed by atoms with Gasteiger partial charge in [-0.1, -0.05) is 25.1 Å². The van der Waals surface area contributed by atoms with Gasteiger partial charge in [-0.05, 0) is 48.8 Å². The van der Waals surface area contributed by atoms with Crippen molar-refractivity contribution in [3.8, 4) is 0 Å². The quantitative estimate of drug-likeness (QED) is 0.907. The van der Waals surface area contributed by atoms with Crippen LogP contribution >= 0.6 is 0 Å². The monoisotopic (exact) mass is 325 g/mol. The molecule has 0 radical (unpaired) electrons. The van der Waals surface area contributed by atoms with Crippen molar-refractivity contribution < 1.29 is 9.90 Å². The molecule has 2 aliphatic carbocycles. The van der Waals surface area contributed by atoms with Gasteiger partial charge in [-0.3, -0.25) is 9.48 Å². The van der Waals surface area contributed by atoms with Crippen LogP contribution in [0.15, 0.2) is 36.7 Å². The van der Waals surface area contributed by atoms with Crippen molar-refractivity contribution in [2.75, 3.05) is 0 Å². The van der Waals surface area contributed by atoms with E-state index in [1.54, 1.807) is 10.9 Å². The number of carbonyl (C=O) groups is 1. The number of benzene rings is 1. The van der Waals surface area contributed by atoms with Gasteiger partial charge in [-0.25, -0.2) is 0 Å². The molecule has 2 N–H and O–H groups in total. The van der Waals surface area contributed by atoms with Crippen molar-refractivity contribution in [1.29, 1.82) is 0 Å². The highest BCUT2D eigenvalue weighted by Gasteiger charge is 2.44. The van der Waals surface area contributed by atoms with Gasteiger partial charge in [0.15, 0.2) is 0 Å². The number of carbonyl (C=O) groups excluding carboxylic acids is 1.